The lowest BCUT2D eigenvalue weighted by Crippen LogP contribution is -2.42. The second kappa shape index (κ2) is 4.79. The van der Waals surface area contributed by atoms with E-state index in [0.717, 1.165) is 24.2 Å². The summed E-state index contributed by atoms with van der Waals surface area (Å²) in [7, 11) is 0. The minimum Gasteiger partial charge on any atom is -0.364 e. The van der Waals surface area contributed by atoms with E-state index in [4.69, 9.17) is 4.74 Å². The van der Waals surface area contributed by atoms with Crippen LogP contribution in [0, 0.1) is 22.2 Å². The number of hydrogen-bond acceptors (Lipinski definition) is 2. The van der Waals surface area contributed by atoms with E-state index in [-0.39, 0.29) is 4.93 Å². The molecule has 2 heteroatoms. The Bertz CT molecular complexity index is 472. The molecule has 1 nitrogen and oxygen atoms in total. The van der Waals surface area contributed by atoms with Crippen LogP contribution in [0.25, 0.3) is 0 Å². The van der Waals surface area contributed by atoms with Gasteiger partial charge in [0, 0.05) is 17.3 Å². The van der Waals surface area contributed by atoms with Crippen LogP contribution in [0.3, 0.4) is 0 Å². The predicted molar refractivity (Wildman–Crippen MR) is 95.0 cm³/mol. The average Bonchev–Trinajstić information content (AvgIpc) is 3.06. The van der Waals surface area contributed by atoms with Gasteiger partial charge in [-0.1, -0.05) is 26.8 Å². The Morgan fingerprint density at radius 3 is 2.64 bits per heavy atom. The maximum absolute atomic E-state index is 6.52. The molecule has 0 spiro atoms. The van der Waals surface area contributed by atoms with Crippen molar-refractivity contribution < 1.29 is 4.74 Å². The summed E-state index contributed by atoms with van der Waals surface area (Å²) >= 11 is 2.27. The second-order valence-electron chi connectivity index (χ2n) is 9.20. The molecule has 0 aromatic carbocycles. The first-order valence-electron chi connectivity index (χ1n) is 9.32. The molecule has 5 atom stereocenters. The quantitative estimate of drug-likeness (QED) is 0.606. The molecule has 1 saturated heterocycles. The Hall–Kier alpha value is 0.0500. The van der Waals surface area contributed by atoms with E-state index >= 15 is 0 Å². The molecule has 4 fully saturated rings. The Morgan fingerprint density at radius 1 is 1.18 bits per heavy atom. The van der Waals surface area contributed by atoms with Gasteiger partial charge in [-0.3, -0.25) is 0 Å². The van der Waals surface area contributed by atoms with Gasteiger partial charge in [0.15, 0.2) is 0 Å². The van der Waals surface area contributed by atoms with Crippen molar-refractivity contribution in [1.29, 1.82) is 0 Å². The Morgan fingerprint density at radius 2 is 2.00 bits per heavy atom. The maximum atomic E-state index is 6.52. The second-order valence-corrected chi connectivity index (χ2v) is 10.7. The molecule has 0 aromatic heterocycles. The summed E-state index contributed by atoms with van der Waals surface area (Å²) in [5.41, 5.74) is 1.41. The fourth-order valence-electron chi connectivity index (χ4n) is 6.46. The largest absolute Gasteiger partial charge is 0.364 e. The molecule has 22 heavy (non-hydrogen) atoms. The van der Waals surface area contributed by atoms with Gasteiger partial charge < -0.3 is 4.74 Å². The molecule has 3 aliphatic carbocycles. The summed E-state index contributed by atoms with van der Waals surface area (Å²) in [5.74, 6) is 0.933. The molecular weight excluding hydrogens is 288 g/mol. The van der Waals surface area contributed by atoms with Crippen molar-refractivity contribution in [2.45, 2.75) is 82.3 Å². The van der Waals surface area contributed by atoms with Gasteiger partial charge in [0.1, 0.15) is 4.93 Å². The van der Waals surface area contributed by atoms with E-state index in [2.05, 4.69) is 45.2 Å². The highest BCUT2D eigenvalue weighted by atomic mass is 32.2. The zero-order chi connectivity index (χ0) is 15.6. The summed E-state index contributed by atoms with van der Waals surface area (Å²) in [6.45, 7) is 12.7. The summed E-state index contributed by atoms with van der Waals surface area (Å²) < 4.78 is 6.52. The van der Waals surface area contributed by atoms with E-state index in [1.54, 1.807) is 0 Å². The van der Waals surface area contributed by atoms with Crippen molar-refractivity contribution in [1.82, 2.24) is 0 Å². The lowest BCUT2D eigenvalue weighted by atomic mass is 9.71. The van der Waals surface area contributed by atoms with Crippen LogP contribution in [0.15, 0.2) is 12.7 Å². The average molecular weight is 321 g/mol. The van der Waals surface area contributed by atoms with Gasteiger partial charge >= 0.3 is 0 Å². The highest BCUT2D eigenvalue weighted by Gasteiger charge is 2.66. The van der Waals surface area contributed by atoms with Crippen LogP contribution in [0.1, 0.15) is 72.1 Å². The van der Waals surface area contributed by atoms with Crippen LogP contribution in [0.4, 0.5) is 0 Å². The van der Waals surface area contributed by atoms with E-state index in [1.165, 1.54) is 44.9 Å². The van der Waals surface area contributed by atoms with Crippen molar-refractivity contribution in [2.24, 2.45) is 22.2 Å². The van der Waals surface area contributed by atoms with Crippen LogP contribution in [-0.4, -0.2) is 16.8 Å². The van der Waals surface area contributed by atoms with E-state index in [9.17, 15) is 0 Å². The highest BCUT2D eigenvalue weighted by Crippen LogP contribution is 2.72. The number of fused-ring (bicyclic) bond motifs is 3. The minimum atomic E-state index is 0.107. The number of thioether (sulfide) groups is 1. The molecule has 0 amide bonds. The molecule has 2 bridgehead atoms. The topological polar surface area (TPSA) is 9.23 Å². The van der Waals surface area contributed by atoms with Gasteiger partial charge in [-0.25, -0.2) is 0 Å². The van der Waals surface area contributed by atoms with Gasteiger partial charge in [-0.2, -0.15) is 0 Å². The molecule has 4 rings (SSSR count). The van der Waals surface area contributed by atoms with E-state index in [0.29, 0.717) is 16.2 Å². The molecule has 0 aromatic rings. The van der Waals surface area contributed by atoms with Gasteiger partial charge in [0.2, 0.25) is 0 Å². The molecule has 0 radical (unpaired) electrons. The van der Waals surface area contributed by atoms with Crippen LogP contribution in [0.2, 0.25) is 0 Å². The Kier molecular flexibility index (Phi) is 3.39. The summed E-state index contributed by atoms with van der Waals surface area (Å²) in [5, 5.41) is 0.793. The molecule has 1 heterocycles. The lowest BCUT2D eigenvalue weighted by Gasteiger charge is -2.45. The number of rotatable bonds is 4. The standard InChI is InChI=1S/C20H32OS/c1-5-8-19-9-6-10-20(19,21-13-12-19)22-16-14-15-7-11-18(16,4)17(15,2)3/h5,15-16H,1,6-14H2,2-4H3. The van der Waals surface area contributed by atoms with Gasteiger partial charge in [0.05, 0.1) is 0 Å². The van der Waals surface area contributed by atoms with Crippen molar-refractivity contribution >= 4 is 11.8 Å². The molecule has 1 aliphatic heterocycles. The summed E-state index contributed by atoms with van der Waals surface area (Å²) in [6, 6.07) is 0. The van der Waals surface area contributed by atoms with Gasteiger partial charge in [0.25, 0.3) is 0 Å². The highest BCUT2D eigenvalue weighted by molar-refractivity contribution is 8.01. The Labute approximate surface area is 140 Å². The van der Waals surface area contributed by atoms with Crippen molar-refractivity contribution in [2.75, 3.05) is 6.61 Å². The van der Waals surface area contributed by atoms with Crippen LogP contribution < -0.4 is 0 Å². The van der Waals surface area contributed by atoms with Gasteiger partial charge in [-0.15, -0.1) is 18.3 Å². The van der Waals surface area contributed by atoms with Crippen molar-refractivity contribution in [3.8, 4) is 0 Å². The first-order chi connectivity index (χ1) is 10.4. The van der Waals surface area contributed by atoms with Crippen LogP contribution in [0.5, 0.6) is 0 Å². The smallest absolute Gasteiger partial charge is 0.119 e. The molecule has 0 N–H and O–H groups in total. The lowest BCUT2D eigenvalue weighted by molar-refractivity contribution is 0.0366. The first-order valence-corrected chi connectivity index (χ1v) is 10.2. The fourth-order valence-corrected chi connectivity index (χ4v) is 8.88. The Balaban J connectivity index is 1.62. The van der Waals surface area contributed by atoms with E-state index in [1.807, 2.05) is 0 Å². The fraction of sp³-hybridized carbons (Fsp3) is 0.900. The maximum Gasteiger partial charge on any atom is 0.119 e. The number of hydrogen-bond donors (Lipinski definition) is 0. The third-order valence-corrected chi connectivity index (χ3v) is 10.6. The molecule has 4 aliphatic rings. The van der Waals surface area contributed by atoms with E-state index < -0.39 is 0 Å². The number of ether oxygens (including phenoxy) is 1. The minimum absolute atomic E-state index is 0.107. The SMILES string of the molecule is C=CCC12CCCC1(SC1CC3CCC1(C)C3(C)C)OCC2. The molecule has 3 saturated carbocycles. The zero-order valence-electron chi connectivity index (χ0n) is 14.6. The van der Waals surface area contributed by atoms with Crippen LogP contribution in [-0.2, 0) is 4.74 Å². The molecule has 124 valence electrons. The third-order valence-electron chi connectivity index (χ3n) is 8.47. The summed E-state index contributed by atoms with van der Waals surface area (Å²) in [6.07, 6.45) is 12.8. The number of allylic oxidation sites excluding steroid dienone is 1. The zero-order valence-corrected chi connectivity index (χ0v) is 15.4. The summed E-state index contributed by atoms with van der Waals surface area (Å²) in [4.78, 5) is 0.107. The third kappa shape index (κ3) is 1.72. The monoisotopic (exact) mass is 320 g/mol. The van der Waals surface area contributed by atoms with Crippen molar-refractivity contribution in [3.05, 3.63) is 12.7 Å². The first kappa shape index (κ1) is 15.6. The van der Waals surface area contributed by atoms with Crippen LogP contribution >= 0.6 is 11.8 Å². The van der Waals surface area contributed by atoms with Gasteiger partial charge in [-0.05, 0) is 68.1 Å². The molecule has 5 unspecified atom stereocenters. The normalized spacial score (nSPS) is 52.1. The molecular formula is C20H32OS. The van der Waals surface area contributed by atoms with Crippen molar-refractivity contribution in [3.63, 3.8) is 0 Å². The predicted octanol–water partition coefficient (Wildman–Crippen LogP) is 5.80.